The molecule has 1 rings (SSSR count). The molecule has 3 heteroatoms. The molecule has 1 aromatic rings. The van der Waals surface area contributed by atoms with Gasteiger partial charge in [-0.05, 0) is 19.1 Å². The van der Waals surface area contributed by atoms with E-state index in [0.717, 1.165) is 6.54 Å². The third-order valence-corrected chi connectivity index (χ3v) is 1.95. The van der Waals surface area contributed by atoms with E-state index >= 15 is 0 Å². The lowest BCUT2D eigenvalue weighted by molar-refractivity contribution is 0.532. The highest BCUT2D eigenvalue weighted by Gasteiger charge is 2.05. The molecular formula is C10H13FN2. The topological polar surface area (TPSA) is 27.1 Å². The molecule has 0 aliphatic heterocycles. The average molecular weight is 180 g/mol. The predicted octanol–water partition coefficient (Wildman–Crippen LogP) is 2.10. The Morgan fingerprint density at radius 3 is 2.77 bits per heavy atom. The molecule has 0 saturated heterocycles. The summed E-state index contributed by atoms with van der Waals surface area (Å²) in [5.74, 6) is 0.0498. The quantitative estimate of drug-likeness (QED) is 0.547. The smallest absolute Gasteiger partial charge is 0.127 e. The molecule has 0 aromatic heterocycles. The van der Waals surface area contributed by atoms with Crippen LogP contribution in [0.3, 0.4) is 0 Å². The Hall–Kier alpha value is -1.38. The summed E-state index contributed by atoms with van der Waals surface area (Å²) < 4.78 is 12.8. The molecule has 0 spiro atoms. The minimum absolute atomic E-state index is 0.299. The highest BCUT2D eigenvalue weighted by atomic mass is 19.1. The molecule has 70 valence electrons. The van der Waals surface area contributed by atoms with Crippen LogP contribution in [0.5, 0.6) is 0 Å². The molecule has 0 saturated carbocycles. The van der Waals surface area contributed by atoms with E-state index in [1.807, 2.05) is 14.0 Å². The zero-order valence-corrected chi connectivity index (χ0v) is 7.84. The molecule has 1 N–H and O–H groups in total. The lowest BCUT2D eigenvalue weighted by atomic mass is 10.2. The molecule has 0 amide bonds. The van der Waals surface area contributed by atoms with Crippen molar-refractivity contribution in [1.29, 1.82) is 5.41 Å². The molecule has 2 nitrogen and oxygen atoms in total. The van der Waals surface area contributed by atoms with Gasteiger partial charge in [-0.3, -0.25) is 5.41 Å². The summed E-state index contributed by atoms with van der Waals surface area (Å²) >= 11 is 0. The van der Waals surface area contributed by atoms with Crippen LogP contribution in [0.25, 0.3) is 0 Å². The Labute approximate surface area is 77.5 Å². The van der Waals surface area contributed by atoms with E-state index < -0.39 is 0 Å². The van der Waals surface area contributed by atoms with E-state index in [0.29, 0.717) is 11.4 Å². The van der Waals surface area contributed by atoms with Gasteiger partial charge < -0.3 is 4.90 Å². The van der Waals surface area contributed by atoms with Gasteiger partial charge in [-0.1, -0.05) is 12.1 Å². The number of hydrogen-bond donors (Lipinski definition) is 1. The molecule has 13 heavy (non-hydrogen) atoms. The third-order valence-electron chi connectivity index (χ3n) is 1.95. The highest BCUT2D eigenvalue weighted by molar-refractivity contribution is 5.96. The van der Waals surface area contributed by atoms with Crippen molar-refractivity contribution >= 4 is 5.84 Å². The van der Waals surface area contributed by atoms with Crippen molar-refractivity contribution in [2.24, 2.45) is 0 Å². The monoisotopic (exact) mass is 180 g/mol. The molecule has 0 aliphatic rings. The maximum atomic E-state index is 12.8. The minimum Gasteiger partial charge on any atom is -0.360 e. The van der Waals surface area contributed by atoms with E-state index in [1.54, 1.807) is 17.0 Å². The number of amidine groups is 1. The van der Waals surface area contributed by atoms with E-state index in [9.17, 15) is 4.39 Å². The first kappa shape index (κ1) is 9.71. The van der Waals surface area contributed by atoms with Gasteiger partial charge >= 0.3 is 0 Å². The SMILES string of the molecule is CCN(C)C(=N)c1cccc(F)c1. The average Bonchev–Trinajstić information content (AvgIpc) is 2.15. The lowest BCUT2D eigenvalue weighted by Gasteiger charge is -2.17. The molecule has 0 bridgehead atoms. The summed E-state index contributed by atoms with van der Waals surface area (Å²) in [5, 5.41) is 7.69. The van der Waals surface area contributed by atoms with Crippen LogP contribution in [0, 0.1) is 11.2 Å². The normalized spacial score (nSPS) is 9.77. The van der Waals surface area contributed by atoms with Crippen molar-refractivity contribution in [2.45, 2.75) is 6.92 Å². The first-order valence-electron chi connectivity index (χ1n) is 4.20. The fraction of sp³-hybridized carbons (Fsp3) is 0.300. The van der Waals surface area contributed by atoms with Crippen molar-refractivity contribution in [1.82, 2.24) is 4.90 Å². The number of hydrogen-bond acceptors (Lipinski definition) is 1. The Bertz CT molecular complexity index is 310. The van der Waals surface area contributed by atoms with Crippen LogP contribution in [0.1, 0.15) is 12.5 Å². The van der Waals surface area contributed by atoms with Gasteiger partial charge in [0.15, 0.2) is 0 Å². The number of rotatable bonds is 2. The maximum Gasteiger partial charge on any atom is 0.127 e. The van der Waals surface area contributed by atoms with Crippen molar-refractivity contribution in [2.75, 3.05) is 13.6 Å². The second-order valence-corrected chi connectivity index (χ2v) is 2.87. The van der Waals surface area contributed by atoms with Crippen molar-refractivity contribution in [3.05, 3.63) is 35.6 Å². The largest absolute Gasteiger partial charge is 0.360 e. The van der Waals surface area contributed by atoms with Gasteiger partial charge in [-0.2, -0.15) is 0 Å². The molecular weight excluding hydrogens is 167 g/mol. The summed E-state index contributed by atoms with van der Waals surface area (Å²) in [4.78, 5) is 1.76. The van der Waals surface area contributed by atoms with Crippen molar-refractivity contribution in [3.63, 3.8) is 0 Å². The summed E-state index contributed by atoms with van der Waals surface area (Å²) in [6, 6.07) is 6.09. The van der Waals surface area contributed by atoms with E-state index in [4.69, 9.17) is 5.41 Å². The molecule has 0 aliphatic carbocycles. The van der Waals surface area contributed by atoms with Gasteiger partial charge in [0.2, 0.25) is 0 Å². The van der Waals surface area contributed by atoms with E-state index in [1.165, 1.54) is 12.1 Å². The van der Waals surface area contributed by atoms with Gasteiger partial charge in [0.05, 0.1) is 0 Å². The summed E-state index contributed by atoms with van der Waals surface area (Å²) in [7, 11) is 1.81. The number of benzene rings is 1. The van der Waals surface area contributed by atoms with Crippen LogP contribution in [-0.2, 0) is 0 Å². The van der Waals surface area contributed by atoms with Crippen molar-refractivity contribution < 1.29 is 4.39 Å². The molecule has 0 radical (unpaired) electrons. The number of halogens is 1. The zero-order valence-electron chi connectivity index (χ0n) is 7.84. The van der Waals surface area contributed by atoms with Crippen LogP contribution in [0.15, 0.2) is 24.3 Å². The fourth-order valence-electron chi connectivity index (χ4n) is 1.01. The van der Waals surface area contributed by atoms with Crippen LogP contribution in [-0.4, -0.2) is 24.3 Å². The van der Waals surface area contributed by atoms with Crippen molar-refractivity contribution in [3.8, 4) is 0 Å². The minimum atomic E-state index is -0.299. The second kappa shape index (κ2) is 4.03. The van der Waals surface area contributed by atoms with Crippen LogP contribution >= 0.6 is 0 Å². The lowest BCUT2D eigenvalue weighted by Crippen LogP contribution is -2.26. The molecule has 0 heterocycles. The molecule has 0 fully saturated rings. The maximum absolute atomic E-state index is 12.8. The zero-order chi connectivity index (χ0) is 9.84. The number of nitrogens with zero attached hydrogens (tertiary/aromatic N) is 1. The Balaban J connectivity index is 2.89. The summed E-state index contributed by atoms with van der Waals surface area (Å²) in [6.45, 7) is 2.70. The van der Waals surface area contributed by atoms with Crippen LogP contribution < -0.4 is 0 Å². The van der Waals surface area contributed by atoms with Crippen LogP contribution in [0.2, 0.25) is 0 Å². The standard InChI is InChI=1S/C10H13FN2/c1-3-13(2)10(12)8-5-4-6-9(11)7-8/h4-7,12H,3H2,1-2H3. The van der Waals surface area contributed by atoms with Gasteiger partial charge in [0.1, 0.15) is 11.7 Å². The van der Waals surface area contributed by atoms with Gasteiger partial charge in [0.25, 0.3) is 0 Å². The first-order chi connectivity index (χ1) is 6.15. The first-order valence-corrected chi connectivity index (χ1v) is 4.20. The molecule has 1 aromatic carbocycles. The summed E-state index contributed by atoms with van der Waals surface area (Å²) in [6.07, 6.45) is 0. The van der Waals surface area contributed by atoms with Gasteiger partial charge in [0, 0.05) is 19.2 Å². The molecule has 0 unspecified atom stereocenters. The fourth-order valence-corrected chi connectivity index (χ4v) is 1.01. The molecule has 0 atom stereocenters. The van der Waals surface area contributed by atoms with Gasteiger partial charge in [-0.15, -0.1) is 0 Å². The van der Waals surface area contributed by atoms with E-state index in [-0.39, 0.29) is 5.82 Å². The number of nitrogens with one attached hydrogen (secondary N) is 1. The predicted molar refractivity (Wildman–Crippen MR) is 51.5 cm³/mol. The highest BCUT2D eigenvalue weighted by Crippen LogP contribution is 2.05. The second-order valence-electron chi connectivity index (χ2n) is 2.87. The Morgan fingerprint density at radius 2 is 2.23 bits per heavy atom. The van der Waals surface area contributed by atoms with Crippen LogP contribution in [0.4, 0.5) is 4.39 Å². The Kier molecular flexibility index (Phi) is 3.01. The van der Waals surface area contributed by atoms with Gasteiger partial charge in [-0.25, -0.2) is 4.39 Å². The third kappa shape index (κ3) is 2.28. The summed E-state index contributed by atoms with van der Waals surface area (Å²) in [5.41, 5.74) is 0.615. The Morgan fingerprint density at radius 1 is 1.54 bits per heavy atom. The van der Waals surface area contributed by atoms with E-state index in [2.05, 4.69) is 0 Å².